The zero-order chi connectivity index (χ0) is 13.2. The third-order valence-electron chi connectivity index (χ3n) is 4.04. The molecule has 2 aliphatic heterocycles. The summed E-state index contributed by atoms with van der Waals surface area (Å²) in [7, 11) is 0. The highest BCUT2D eigenvalue weighted by Gasteiger charge is 2.31. The number of nitrogens with one attached hydrogen (secondary N) is 2. The van der Waals surface area contributed by atoms with E-state index in [-0.39, 0.29) is 12.0 Å². The first kappa shape index (κ1) is 12.6. The van der Waals surface area contributed by atoms with Crippen molar-refractivity contribution in [2.24, 2.45) is 5.92 Å². The quantitative estimate of drug-likeness (QED) is 0.851. The molecule has 0 radical (unpaired) electrons. The highest BCUT2D eigenvalue weighted by Crippen LogP contribution is 2.25. The second kappa shape index (κ2) is 5.31. The first-order chi connectivity index (χ1) is 9.25. The van der Waals surface area contributed by atoms with E-state index in [4.69, 9.17) is 4.74 Å². The van der Waals surface area contributed by atoms with E-state index in [0.29, 0.717) is 12.5 Å². The lowest BCUT2D eigenvalue weighted by Gasteiger charge is -2.22. The van der Waals surface area contributed by atoms with E-state index in [1.54, 1.807) is 0 Å². The van der Waals surface area contributed by atoms with Crippen LogP contribution in [-0.2, 0) is 22.5 Å². The molecule has 1 fully saturated rings. The van der Waals surface area contributed by atoms with Crippen LogP contribution in [0.2, 0.25) is 0 Å². The molecule has 19 heavy (non-hydrogen) atoms. The molecule has 2 N–H and O–H groups in total. The standard InChI is InChI=1S/C15H20N2O2/c1-10-6-8-19-14(10)15(18)17-13-4-2-3-11-9-16-7-5-12(11)13/h2-4,10,14,16H,5-9H2,1H3,(H,17,18). The molecule has 2 unspecified atom stereocenters. The van der Waals surface area contributed by atoms with E-state index in [1.807, 2.05) is 12.1 Å². The summed E-state index contributed by atoms with van der Waals surface area (Å²) < 4.78 is 5.52. The third kappa shape index (κ3) is 2.51. The lowest BCUT2D eigenvalue weighted by molar-refractivity contribution is -0.126. The van der Waals surface area contributed by atoms with Crippen LogP contribution in [0.3, 0.4) is 0 Å². The Hall–Kier alpha value is -1.39. The van der Waals surface area contributed by atoms with Crippen molar-refractivity contribution in [3.63, 3.8) is 0 Å². The van der Waals surface area contributed by atoms with Crippen molar-refractivity contribution in [2.45, 2.75) is 32.4 Å². The molecule has 2 aliphatic rings. The van der Waals surface area contributed by atoms with Gasteiger partial charge in [0.2, 0.25) is 0 Å². The molecular formula is C15H20N2O2. The van der Waals surface area contributed by atoms with Crippen LogP contribution in [0, 0.1) is 5.92 Å². The topological polar surface area (TPSA) is 50.4 Å². The summed E-state index contributed by atoms with van der Waals surface area (Å²) in [5.74, 6) is 0.304. The number of benzene rings is 1. The van der Waals surface area contributed by atoms with Gasteiger partial charge in [-0.15, -0.1) is 0 Å². The minimum absolute atomic E-state index is 0.00284. The van der Waals surface area contributed by atoms with Crippen LogP contribution < -0.4 is 10.6 Å². The number of amides is 1. The molecule has 3 rings (SSSR count). The number of hydrogen-bond acceptors (Lipinski definition) is 3. The number of carbonyl (C=O) groups is 1. The van der Waals surface area contributed by atoms with Crippen molar-refractivity contribution in [3.05, 3.63) is 29.3 Å². The molecule has 0 aliphatic carbocycles. The minimum Gasteiger partial charge on any atom is -0.368 e. The summed E-state index contributed by atoms with van der Waals surface area (Å²) in [6.45, 7) is 4.61. The third-order valence-corrected chi connectivity index (χ3v) is 4.04. The molecule has 0 aromatic heterocycles. The fourth-order valence-corrected chi connectivity index (χ4v) is 2.88. The van der Waals surface area contributed by atoms with Crippen LogP contribution in [0.15, 0.2) is 18.2 Å². The first-order valence-corrected chi connectivity index (χ1v) is 6.99. The number of fused-ring (bicyclic) bond motifs is 1. The van der Waals surface area contributed by atoms with Crippen LogP contribution in [-0.4, -0.2) is 25.2 Å². The molecule has 0 spiro atoms. The lowest BCUT2D eigenvalue weighted by Crippen LogP contribution is -2.32. The molecule has 2 atom stereocenters. The van der Waals surface area contributed by atoms with Crippen molar-refractivity contribution in [3.8, 4) is 0 Å². The Labute approximate surface area is 113 Å². The average Bonchev–Trinajstić information content (AvgIpc) is 2.85. The van der Waals surface area contributed by atoms with E-state index in [1.165, 1.54) is 11.1 Å². The molecule has 102 valence electrons. The SMILES string of the molecule is CC1CCOC1C(=O)Nc1cccc2c1CCNC2. The van der Waals surface area contributed by atoms with Crippen molar-refractivity contribution >= 4 is 11.6 Å². The van der Waals surface area contributed by atoms with E-state index >= 15 is 0 Å². The van der Waals surface area contributed by atoms with Gasteiger partial charge in [0, 0.05) is 18.8 Å². The van der Waals surface area contributed by atoms with E-state index < -0.39 is 0 Å². The number of hydrogen-bond donors (Lipinski definition) is 2. The summed E-state index contributed by atoms with van der Waals surface area (Å²) >= 11 is 0. The monoisotopic (exact) mass is 260 g/mol. The zero-order valence-corrected chi connectivity index (χ0v) is 11.2. The van der Waals surface area contributed by atoms with Gasteiger partial charge in [-0.1, -0.05) is 19.1 Å². The summed E-state index contributed by atoms with van der Waals surface area (Å²) in [5, 5.41) is 6.40. The second-order valence-electron chi connectivity index (χ2n) is 5.42. The largest absolute Gasteiger partial charge is 0.368 e. The molecule has 4 heteroatoms. The molecule has 1 saturated heterocycles. The first-order valence-electron chi connectivity index (χ1n) is 6.99. The van der Waals surface area contributed by atoms with Crippen molar-refractivity contribution < 1.29 is 9.53 Å². The summed E-state index contributed by atoms with van der Waals surface area (Å²) in [5.41, 5.74) is 3.50. The Kier molecular flexibility index (Phi) is 3.53. The predicted molar refractivity (Wildman–Crippen MR) is 74.0 cm³/mol. The minimum atomic E-state index is -0.294. The van der Waals surface area contributed by atoms with Gasteiger partial charge in [0.05, 0.1) is 0 Å². The fraction of sp³-hybridized carbons (Fsp3) is 0.533. The Morgan fingerprint density at radius 1 is 1.47 bits per heavy atom. The maximum absolute atomic E-state index is 12.3. The van der Waals surface area contributed by atoms with Crippen molar-refractivity contribution in [2.75, 3.05) is 18.5 Å². The molecular weight excluding hydrogens is 240 g/mol. The second-order valence-corrected chi connectivity index (χ2v) is 5.42. The molecule has 2 heterocycles. The number of rotatable bonds is 2. The molecule has 0 saturated carbocycles. The maximum Gasteiger partial charge on any atom is 0.253 e. The van der Waals surface area contributed by atoms with Crippen molar-refractivity contribution in [1.82, 2.24) is 5.32 Å². The van der Waals surface area contributed by atoms with Crippen LogP contribution in [0.4, 0.5) is 5.69 Å². The summed E-state index contributed by atoms with van der Waals surface area (Å²) in [6, 6.07) is 6.11. The molecule has 1 aromatic rings. The Morgan fingerprint density at radius 3 is 3.16 bits per heavy atom. The van der Waals surface area contributed by atoms with Gasteiger partial charge in [0.1, 0.15) is 6.10 Å². The van der Waals surface area contributed by atoms with Crippen LogP contribution >= 0.6 is 0 Å². The van der Waals surface area contributed by atoms with Gasteiger partial charge in [-0.2, -0.15) is 0 Å². The fourth-order valence-electron chi connectivity index (χ4n) is 2.88. The number of carbonyl (C=O) groups excluding carboxylic acids is 1. The van der Waals surface area contributed by atoms with Gasteiger partial charge in [0.25, 0.3) is 5.91 Å². The molecule has 1 amide bonds. The van der Waals surface area contributed by atoms with Crippen LogP contribution in [0.5, 0.6) is 0 Å². The maximum atomic E-state index is 12.3. The Morgan fingerprint density at radius 2 is 2.37 bits per heavy atom. The van der Waals surface area contributed by atoms with Crippen molar-refractivity contribution in [1.29, 1.82) is 0 Å². The highest BCUT2D eigenvalue weighted by molar-refractivity contribution is 5.95. The van der Waals surface area contributed by atoms with Crippen LogP contribution in [0.25, 0.3) is 0 Å². The average molecular weight is 260 g/mol. The smallest absolute Gasteiger partial charge is 0.253 e. The van der Waals surface area contributed by atoms with Gasteiger partial charge in [-0.3, -0.25) is 4.79 Å². The molecule has 4 nitrogen and oxygen atoms in total. The lowest BCUT2D eigenvalue weighted by atomic mass is 9.98. The highest BCUT2D eigenvalue weighted by atomic mass is 16.5. The number of anilines is 1. The van der Waals surface area contributed by atoms with Gasteiger partial charge in [-0.05, 0) is 42.5 Å². The van der Waals surface area contributed by atoms with Gasteiger partial charge in [0.15, 0.2) is 0 Å². The summed E-state index contributed by atoms with van der Waals surface area (Å²) in [6.07, 6.45) is 1.64. The number of ether oxygens (including phenoxy) is 1. The Balaban J connectivity index is 1.78. The van der Waals surface area contributed by atoms with Crippen LogP contribution in [0.1, 0.15) is 24.5 Å². The van der Waals surface area contributed by atoms with Gasteiger partial charge < -0.3 is 15.4 Å². The van der Waals surface area contributed by atoms with E-state index in [9.17, 15) is 4.79 Å². The van der Waals surface area contributed by atoms with E-state index in [2.05, 4.69) is 23.6 Å². The zero-order valence-electron chi connectivity index (χ0n) is 11.2. The van der Waals surface area contributed by atoms with E-state index in [0.717, 1.165) is 31.6 Å². The van der Waals surface area contributed by atoms with Gasteiger partial charge in [-0.25, -0.2) is 0 Å². The predicted octanol–water partition coefficient (Wildman–Crippen LogP) is 1.70. The van der Waals surface area contributed by atoms with Gasteiger partial charge >= 0.3 is 0 Å². The molecule has 1 aromatic carbocycles. The normalized spacial score (nSPS) is 25.9. The summed E-state index contributed by atoms with van der Waals surface area (Å²) in [4.78, 5) is 12.3. The Bertz CT molecular complexity index is 487. The molecule has 0 bridgehead atoms.